The summed E-state index contributed by atoms with van der Waals surface area (Å²) in [4.78, 5) is 20.8. The molecule has 0 spiro atoms. The highest BCUT2D eigenvalue weighted by atomic mass is 32.1. The molecule has 8 heteroatoms. The summed E-state index contributed by atoms with van der Waals surface area (Å²) in [5.41, 5.74) is -0.157. The normalized spacial score (nSPS) is 21.3. The molecule has 2 N–H and O–H groups in total. The zero-order chi connectivity index (χ0) is 17.7. The molecule has 0 aromatic carbocycles. The van der Waals surface area contributed by atoms with Gasteiger partial charge in [-0.05, 0) is 19.3 Å². The Morgan fingerprint density at radius 3 is 2.76 bits per heavy atom. The first-order valence-electron chi connectivity index (χ1n) is 9.11. The molecule has 2 aliphatic heterocycles. The predicted octanol–water partition coefficient (Wildman–Crippen LogP) is 1.38. The van der Waals surface area contributed by atoms with Crippen LogP contribution in [0.15, 0.2) is 5.38 Å². The number of hydrogen-bond donors (Lipinski definition) is 2. The van der Waals surface area contributed by atoms with E-state index in [2.05, 4.69) is 15.2 Å². The van der Waals surface area contributed by atoms with Crippen molar-refractivity contribution in [2.45, 2.75) is 38.3 Å². The van der Waals surface area contributed by atoms with Gasteiger partial charge in [-0.15, -0.1) is 11.3 Å². The van der Waals surface area contributed by atoms with Crippen LogP contribution in [-0.2, 0) is 16.9 Å². The summed E-state index contributed by atoms with van der Waals surface area (Å²) in [7, 11) is 0. The summed E-state index contributed by atoms with van der Waals surface area (Å²) >= 11 is 1.61. The summed E-state index contributed by atoms with van der Waals surface area (Å²) in [6, 6.07) is -0.0322. The second-order valence-electron chi connectivity index (χ2n) is 6.77. The zero-order valence-corrected chi connectivity index (χ0v) is 15.7. The maximum Gasteiger partial charge on any atom is 0.317 e. The number of thiazole rings is 1. The number of rotatable bonds is 5. The minimum Gasteiger partial charge on any atom is -0.383 e. The van der Waals surface area contributed by atoms with Crippen molar-refractivity contribution in [3.05, 3.63) is 16.1 Å². The molecule has 3 rings (SSSR count). The van der Waals surface area contributed by atoms with Crippen molar-refractivity contribution in [1.82, 2.24) is 20.1 Å². The van der Waals surface area contributed by atoms with Crippen molar-refractivity contribution in [2.24, 2.45) is 0 Å². The van der Waals surface area contributed by atoms with Crippen LogP contribution in [0, 0.1) is 0 Å². The smallest absolute Gasteiger partial charge is 0.317 e. The maximum atomic E-state index is 12.0. The fourth-order valence-corrected chi connectivity index (χ4v) is 4.16. The number of nitrogens with one attached hydrogen (secondary N) is 1. The number of ether oxygens (including phenoxy) is 1. The number of piperidine rings is 1. The van der Waals surface area contributed by atoms with Gasteiger partial charge in [0.15, 0.2) is 0 Å². The molecule has 1 aromatic rings. The van der Waals surface area contributed by atoms with Gasteiger partial charge in [-0.3, -0.25) is 4.90 Å². The van der Waals surface area contributed by atoms with Crippen LogP contribution in [0.4, 0.5) is 4.79 Å². The monoisotopic (exact) mass is 368 g/mol. The number of amides is 2. The van der Waals surface area contributed by atoms with Crippen molar-refractivity contribution in [3.63, 3.8) is 0 Å². The van der Waals surface area contributed by atoms with Crippen LogP contribution in [0.5, 0.6) is 0 Å². The summed E-state index contributed by atoms with van der Waals surface area (Å²) in [6.45, 7) is 8.07. The van der Waals surface area contributed by atoms with Crippen LogP contribution < -0.4 is 5.32 Å². The van der Waals surface area contributed by atoms with Crippen LogP contribution in [0.1, 0.15) is 36.9 Å². The first kappa shape index (κ1) is 18.6. The Morgan fingerprint density at radius 1 is 1.36 bits per heavy atom. The number of morpholine rings is 1. The molecule has 2 saturated heterocycles. The Bertz CT molecular complexity index is 566. The van der Waals surface area contributed by atoms with E-state index in [9.17, 15) is 9.90 Å². The highest BCUT2D eigenvalue weighted by Crippen LogP contribution is 2.33. The van der Waals surface area contributed by atoms with Crippen LogP contribution in [0.25, 0.3) is 0 Å². The molecule has 0 unspecified atom stereocenters. The molecule has 25 heavy (non-hydrogen) atoms. The zero-order valence-electron chi connectivity index (χ0n) is 14.9. The maximum absolute atomic E-state index is 12.0. The fraction of sp³-hybridized carbons (Fsp3) is 0.765. The second-order valence-corrected chi connectivity index (χ2v) is 7.71. The second kappa shape index (κ2) is 8.44. The van der Waals surface area contributed by atoms with Crippen LogP contribution >= 0.6 is 11.3 Å². The number of urea groups is 1. The highest BCUT2D eigenvalue weighted by molar-refractivity contribution is 7.09. The van der Waals surface area contributed by atoms with Crippen molar-refractivity contribution in [2.75, 3.05) is 45.9 Å². The van der Waals surface area contributed by atoms with Gasteiger partial charge in [0.25, 0.3) is 0 Å². The lowest BCUT2D eigenvalue weighted by Gasteiger charge is -2.37. The SMILES string of the molecule is CCCNC(=O)N1CCC(O)(c2csc(CN3CCOCC3)n2)CC1. The van der Waals surface area contributed by atoms with Crippen molar-refractivity contribution < 1.29 is 14.6 Å². The van der Waals surface area contributed by atoms with Crippen LogP contribution in [0.3, 0.4) is 0 Å². The summed E-state index contributed by atoms with van der Waals surface area (Å²) < 4.78 is 5.37. The number of likely N-dealkylation sites (tertiary alicyclic amines) is 1. The van der Waals surface area contributed by atoms with Gasteiger partial charge in [0, 0.05) is 38.1 Å². The Labute approximate surface area is 153 Å². The molecule has 2 aliphatic rings. The summed E-state index contributed by atoms with van der Waals surface area (Å²) in [5, 5.41) is 16.9. The van der Waals surface area contributed by atoms with Crippen molar-refractivity contribution in [1.29, 1.82) is 0 Å². The third-order valence-corrected chi connectivity index (χ3v) is 5.73. The van der Waals surface area contributed by atoms with E-state index in [1.165, 1.54) is 0 Å². The number of aromatic nitrogens is 1. The van der Waals surface area contributed by atoms with Gasteiger partial charge in [0.1, 0.15) is 10.6 Å². The van der Waals surface area contributed by atoms with Gasteiger partial charge in [-0.25, -0.2) is 9.78 Å². The lowest BCUT2D eigenvalue weighted by atomic mass is 9.89. The Morgan fingerprint density at radius 2 is 2.08 bits per heavy atom. The third kappa shape index (κ3) is 4.69. The summed E-state index contributed by atoms with van der Waals surface area (Å²) in [5.74, 6) is 0. The van der Waals surface area contributed by atoms with E-state index in [1.807, 2.05) is 12.3 Å². The Kier molecular flexibility index (Phi) is 6.27. The molecule has 3 heterocycles. The van der Waals surface area contributed by atoms with Crippen LogP contribution in [0.2, 0.25) is 0 Å². The van der Waals surface area contributed by atoms with Gasteiger partial charge in [0.05, 0.1) is 25.5 Å². The molecule has 0 aliphatic carbocycles. The van der Waals surface area contributed by atoms with E-state index in [4.69, 9.17) is 4.74 Å². The van der Waals surface area contributed by atoms with E-state index in [0.717, 1.165) is 50.0 Å². The molecule has 140 valence electrons. The highest BCUT2D eigenvalue weighted by Gasteiger charge is 2.37. The Hall–Kier alpha value is -1.22. The van der Waals surface area contributed by atoms with Crippen molar-refractivity contribution >= 4 is 17.4 Å². The lowest BCUT2D eigenvalue weighted by Crippen LogP contribution is -2.49. The van der Waals surface area contributed by atoms with Gasteiger partial charge < -0.3 is 20.1 Å². The molecule has 0 bridgehead atoms. The van der Waals surface area contributed by atoms with Gasteiger partial charge in [-0.2, -0.15) is 0 Å². The van der Waals surface area contributed by atoms with Crippen molar-refractivity contribution in [3.8, 4) is 0 Å². The number of hydrogen-bond acceptors (Lipinski definition) is 6. The number of carbonyl (C=O) groups is 1. The topological polar surface area (TPSA) is 77.9 Å². The molecular formula is C17H28N4O3S. The molecule has 0 atom stereocenters. The van der Waals surface area contributed by atoms with Gasteiger partial charge in [-0.1, -0.05) is 6.92 Å². The molecule has 0 radical (unpaired) electrons. The standard InChI is InChI=1S/C17H28N4O3S/c1-2-5-18-16(22)21-6-3-17(23,4-7-21)14-13-25-15(19-14)12-20-8-10-24-11-9-20/h13,23H,2-12H2,1H3,(H,18,22). The van der Waals surface area contributed by atoms with E-state index in [-0.39, 0.29) is 6.03 Å². The molecule has 0 saturated carbocycles. The van der Waals surface area contributed by atoms with E-state index >= 15 is 0 Å². The fourth-order valence-electron chi connectivity index (χ4n) is 3.23. The third-order valence-electron chi connectivity index (χ3n) is 4.90. The molecule has 7 nitrogen and oxygen atoms in total. The van der Waals surface area contributed by atoms with Gasteiger partial charge in [0.2, 0.25) is 0 Å². The quantitative estimate of drug-likeness (QED) is 0.821. The first-order chi connectivity index (χ1) is 12.1. The molecule has 2 amide bonds. The average Bonchev–Trinajstić information content (AvgIpc) is 3.10. The van der Waals surface area contributed by atoms with E-state index in [0.29, 0.717) is 32.5 Å². The number of nitrogens with zero attached hydrogens (tertiary/aromatic N) is 3. The lowest BCUT2D eigenvalue weighted by molar-refractivity contribution is -0.0201. The average molecular weight is 369 g/mol. The van der Waals surface area contributed by atoms with Crippen LogP contribution in [-0.4, -0.2) is 71.9 Å². The molecular weight excluding hydrogens is 340 g/mol. The molecule has 1 aromatic heterocycles. The predicted molar refractivity (Wildman–Crippen MR) is 96.6 cm³/mol. The minimum absolute atomic E-state index is 0.0322. The number of aliphatic hydroxyl groups is 1. The Balaban J connectivity index is 1.54. The summed E-state index contributed by atoms with van der Waals surface area (Å²) in [6.07, 6.45) is 1.99. The number of carbonyl (C=O) groups excluding carboxylic acids is 1. The minimum atomic E-state index is -0.915. The van der Waals surface area contributed by atoms with E-state index < -0.39 is 5.60 Å². The molecule has 2 fully saturated rings. The van der Waals surface area contributed by atoms with Gasteiger partial charge >= 0.3 is 6.03 Å². The van der Waals surface area contributed by atoms with E-state index in [1.54, 1.807) is 16.2 Å². The largest absolute Gasteiger partial charge is 0.383 e. The first-order valence-corrected chi connectivity index (χ1v) is 9.99.